The maximum atomic E-state index is 11.6. The first kappa shape index (κ1) is 11.4. The van der Waals surface area contributed by atoms with Crippen LogP contribution in [0.3, 0.4) is 0 Å². The number of esters is 1. The SMILES string of the molecule is COC(=O)C1(C#N)CC(C)=C(C=O)C1C. The van der Waals surface area contributed by atoms with Crippen LogP contribution in [-0.4, -0.2) is 19.4 Å². The van der Waals surface area contributed by atoms with Gasteiger partial charge < -0.3 is 4.74 Å². The fourth-order valence-electron chi connectivity index (χ4n) is 2.12. The minimum atomic E-state index is -1.21. The molecule has 0 aromatic heterocycles. The van der Waals surface area contributed by atoms with Crippen molar-refractivity contribution in [1.29, 1.82) is 5.26 Å². The second-order valence-corrected chi connectivity index (χ2v) is 3.83. The maximum absolute atomic E-state index is 11.6. The molecule has 1 aliphatic rings. The number of hydrogen-bond acceptors (Lipinski definition) is 4. The molecular formula is C11H13NO3. The minimum Gasteiger partial charge on any atom is -0.468 e. The summed E-state index contributed by atoms with van der Waals surface area (Å²) in [4.78, 5) is 22.4. The predicted octanol–water partition coefficient (Wildman–Crippen LogP) is 1.22. The van der Waals surface area contributed by atoms with E-state index in [0.29, 0.717) is 5.57 Å². The van der Waals surface area contributed by atoms with Crippen LogP contribution in [0.1, 0.15) is 20.3 Å². The van der Waals surface area contributed by atoms with Crippen LogP contribution < -0.4 is 0 Å². The summed E-state index contributed by atoms with van der Waals surface area (Å²) in [6, 6.07) is 2.00. The molecule has 2 unspecified atom stereocenters. The first-order chi connectivity index (χ1) is 7.03. The van der Waals surface area contributed by atoms with Crippen LogP contribution in [0.25, 0.3) is 0 Å². The fourth-order valence-corrected chi connectivity index (χ4v) is 2.12. The first-order valence-electron chi connectivity index (χ1n) is 4.68. The summed E-state index contributed by atoms with van der Waals surface area (Å²) in [5, 5.41) is 9.13. The number of rotatable bonds is 2. The Bertz CT molecular complexity index is 378. The van der Waals surface area contributed by atoms with Gasteiger partial charge in [-0.15, -0.1) is 0 Å². The molecule has 80 valence electrons. The highest BCUT2D eigenvalue weighted by atomic mass is 16.5. The van der Waals surface area contributed by atoms with Crippen LogP contribution in [0.4, 0.5) is 0 Å². The second kappa shape index (κ2) is 3.85. The molecule has 4 nitrogen and oxygen atoms in total. The molecule has 0 radical (unpaired) electrons. The lowest BCUT2D eigenvalue weighted by molar-refractivity contribution is -0.150. The summed E-state index contributed by atoms with van der Waals surface area (Å²) in [5.74, 6) is -0.957. The number of hydrogen-bond donors (Lipinski definition) is 0. The van der Waals surface area contributed by atoms with Crippen molar-refractivity contribution in [2.75, 3.05) is 7.11 Å². The average molecular weight is 207 g/mol. The van der Waals surface area contributed by atoms with E-state index in [1.807, 2.05) is 6.07 Å². The summed E-state index contributed by atoms with van der Waals surface area (Å²) < 4.78 is 4.64. The van der Waals surface area contributed by atoms with Crippen LogP contribution in [0.15, 0.2) is 11.1 Å². The van der Waals surface area contributed by atoms with E-state index in [4.69, 9.17) is 5.26 Å². The van der Waals surface area contributed by atoms with Crippen LogP contribution in [-0.2, 0) is 14.3 Å². The van der Waals surface area contributed by atoms with Crippen molar-refractivity contribution in [3.05, 3.63) is 11.1 Å². The third-order valence-corrected chi connectivity index (χ3v) is 3.12. The topological polar surface area (TPSA) is 67.2 Å². The van der Waals surface area contributed by atoms with Crippen molar-refractivity contribution in [1.82, 2.24) is 0 Å². The molecule has 15 heavy (non-hydrogen) atoms. The lowest BCUT2D eigenvalue weighted by Crippen LogP contribution is -2.34. The van der Waals surface area contributed by atoms with Gasteiger partial charge in [0.05, 0.1) is 13.2 Å². The summed E-state index contributed by atoms with van der Waals surface area (Å²) >= 11 is 0. The fraction of sp³-hybridized carbons (Fsp3) is 0.545. The molecular weight excluding hydrogens is 194 g/mol. The number of nitriles is 1. The molecule has 1 aliphatic carbocycles. The molecule has 0 spiro atoms. The number of nitrogens with zero attached hydrogens (tertiary/aromatic N) is 1. The molecule has 0 bridgehead atoms. The van der Waals surface area contributed by atoms with Gasteiger partial charge in [0.2, 0.25) is 0 Å². The van der Waals surface area contributed by atoms with Crippen molar-refractivity contribution < 1.29 is 14.3 Å². The van der Waals surface area contributed by atoms with E-state index in [9.17, 15) is 9.59 Å². The Morgan fingerprint density at radius 1 is 1.73 bits per heavy atom. The van der Waals surface area contributed by atoms with Crippen molar-refractivity contribution in [2.45, 2.75) is 20.3 Å². The van der Waals surface area contributed by atoms with E-state index in [2.05, 4.69) is 4.74 Å². The van der Waals surface area contributed by atoms with E-state index in [1.54, 1.807) is 13.8 Å². The zero-order chi connectivity index (χ0) is 11.6. The Morgan fingerprint density at radius 3 is 2.67 bits per heavy atom. The number of carbonyl (C=O) groups excluding carboxylic acids is 2. The molecule has 0 aromatic carbocycles. The highest BCUT2D eigenvalue weighted by Crippen LogP contribution is 2.46. The van der Waals surface area contributed by atoms with Gasteiger partial charge in [-0.3, -0.25) is 9.59 Å². The van der Waals surface area contributed by atoms with Gasteiger partial charge >= 0.3 is 5.97 Å². The maximum Gasteiger partial charge on any atom is 0.327 e. The summed E-state index contributed by atoms with van der Waals surface area (Å²) in [5.41, 5.74) is 0.126. The van der Waals surface area contributed by atoms with Gasteiger partial charge in [0.1, 0.15) is 6.29 Å². The molecule has 1 rings (SSSR count). The highest BCUT2D eigenvalue weighted by molar-refractivity contribution is 5.87. The number of allylic oxidation sites excluding steroid dienone is 2. The van der Waals surface area contributed by atoms with Crippen molar-refractivity contribution >= 4 is 12.3 Å². The molecule has 0 fully saturated rings. The first-order valence-corrected chi connectivity index (χ1v) is 4.68. The standard InChI is InChI=1S/C11H13NO3/c1-7-4-11(6-12,10(14)15-3)8(2)9(7)5-13/h5,8H,4H2,1-3H3. The quantitative estimate of drug-likeness (QED) is 0.504. The van der Waals surface area contributed by atoms with E-state index < -0.39 is 17.3 Å². The normalized spacial score (nSPS) is 29.9. The average Bonchev–Trinajstić information content (AvgIpc) is 2.49. The van der Waals surface area contributed by atoms with Crippen LogP contribution >= 0.6 is 0 Å². The Hall–Kier alpha value is -1.63. The third-order valence-electron chi connectivity index (χ3n) is 3.12. The van der Waals surface area contributed by atoms with Gasteiger partial charge in [-0.2, -0.15) is 5.26 Å². The summed E-state index contributed by atoms with van der Waals surface area (Å²) in [7, 11) is 1.25. The predicted molar refractivity (Wildman–Crippen MR) is 52.6 cm³/mol. The zero-order valence-corrected chi connectivity index (χ0v) is 9.03. The van der Waals surface area contributed by atoms with Gasteiger partial charge in [0.25, 0.3) is 0 Å². The number of ether oxygens (including phenoxy) is 1. The van der Waals surface area contributed by atoms with E-state index in [1.165, 1.54) is 7.11 Å². The van der Waals surface area contributed by atoms with E-state index in [0.717, 1.165) is 11.9 Å². The lowest BCUT2D eigenvalue weighted by atomic mass is 9.77. The van der Waals surface area contributed by atoms with Gasteiger partial charge in [0, 0.05) is 5.92 Å². The highest BCUT2D eigenvalue weighted by Gasteiger charge is 2.51. The van der Waals surface area contributed by atoms with Crippen LogP contribution in [0.2, 0.25) is 0 Å². The van der Waals surface area contributed by atoms with Crippen LogP contribution in [0.5, 0.6) is 0 Å². The summed E-state index contributed by atoms with van der Waals surface area (Å²) in [6.07, 6.45) is 1.01. The van der Waals surface area contributed by atoms with Gasteiger partial charge in [-0.05, 0) is 18.9 Å². The zero-order valence-electron chi connectivity index (χ0n) is 9.03. The molecule has 0 heterocycles. The molecule has 0 saturated heterocycles. The monoisotopic (exact) mass is 207 g/mol. The molecule has 0 saturated carbocycles. The Morgan fingerprint density at radius 2 is 2.33 bits per heavy atom. The minimum absolute atomic E-state index is 0.283. The third kappa shape index (κ3) is 1.44. The van der Waals surface area contributed by atoms with Crippen molar-refractivity contribution in [3.8, 4) is 6.07 Å². The molecule has 0 aromatic rings. The van der Waals surface area contributed by atoms with Gasteiger partial charge in [0.15, 0.2) is 5.41 Å². The van der Waals surface area contributed by atoms with Crippen molar-refractivity contribution in [2.24, 2.45) is 11.3 Å². The van der Waals surface area contributed by atoms with Gasteiger partial charge in [-0.25, -0.2) is 0 Å². The number of carbonyl (C=O) groups is 2. The van der Waals surface area contributed by atoms with E-state index >= 15 is 0 Å². The van der Waals surface area contributed by atoms with Crippen molar-refractivity contribution in [3.63, 3.8) is 0 Å². The van der Waals surface area contributed by atoms with Gasteiger partial charge in [-0.1, -0.05) is 12.5 Å². The Labute approximate surface area is 88.5 Å². The summed E-state index contributed by atoms with van der Waals surface area (Å²) in [6.45, 7) is 3.47. The number of methoxy groups -OCH3 is 1. The van der Waals surface area contributed by atoms with Crippen LogP contribution in [0, 0.1) is 22.7 Å². The van der Waals surface area contributed by atoms with E-state index in [-0.39, 0.29) is 6.42 Å². The second-order valence-electron chi connectivity index (χ2n) is 3.83. The Balaban J connectivity index is 3.17. The molecule has 0 N–H and O–H groups in total. The smallest absolute Gasteiger partial charge is 0.327 e. The molecule has 0 aliphatic heterocycles. The Kier molecular flexibility index (Phi) is 2.94. The lowest BCUT2D eigenvalue weighted by Gasteiger charge is -2.23. The molecule has 0 amide bonds. The molecule has 2 atom stereocenters. The largest absolute Gasteiger partial charge is 0.468 e. The number of aldehydes is 1. The molecule has 4 heteroatoms.